The van der Waals surface area contributed by atoms with Crippen LogP contribution in [0.3, 0.4) is 0 Å². The van der Waals surface area contributed by atoms with Crippen LogP contribution in [0.5, 0.6) is 0 Å². The van der Waals surface area contributed by atoms with Crippen molar-refractivity contribution in [1.29, 1.82) is 0 Å². The zero-order chi connectivity index (χ0) is 18.6. The van der Waals surface area contributed by atoms with Crippen molar-refractivity contribution in [3.8, 4) is 0 Å². The SMILES string of the molecule is COCc1cccc(CC(=O)N2CCCC(O)(Cc3nncn3C)C2)c1. The molecular weight excluding hydrogens is 332 g/mol. The van der Waals surface area contributed by atoms with Gasteiger partial charge in [0, 0.05) is 33.7 Å². The van der Waals surface area contributed by atoms with Crippen molar-refractivity contribution < 1.29 is 14.6 Å². The van der Waals surface area contributed by atoms with E-state index < -0.39 is 5.60 Å². The Bertz CT molecular complexity index is 761. The molecule has 2 heterocycles. The third-order valence-corrected chi connectivity index (χ3v) is 4.86. The summed E-state index contributed by atoms with van der Waals surface area (Å²) in [6.45, 7) is 1.54. The van der Waals surface area contributed by atoms with Gasteiger partial charge in [-0.15, -0.1) is 10.2 Å². The largest absolute Gasteiger partial charge is 0.388 e. The zero-order valence-corrected chi connectivity index (χ0v) is 15.4. The van der Waals surface area contributed by atoms with Gasteiger partial charge in [-0.25, -0.2) is 0 Å². The smallest absolute Gasteiger partial charge is 0.227 e. The summed E-state index contributed by atoms with van der Waals surface area (Å²) in [5.74, 6) is 0.768. The van der Waals surface area contributed by atoms with Crippen LogP contribution in [-0.2, 0) is 36.0 Å². The summed E-state index contributed by atoms with van der Waals surface area (Å²) in [5.41, 5.74) is 1.06. The highest BCUT2D eigenvalue weighted by Gasteiger charge is 2.36. The lowest BCUT2D eigenvalue weighted by Gasteiger charge is -2.39. The van der Waals surface area contributed by atoms with Crippen molar-refractivity contribution in [2.75, 3.05) is 20.2 Å². The number of methoxy groups -OCH3 is 1. The molecule has 7 heteroatoms. The van der Waals surface area contributed by atoms with Crippen molar-refractivity contribution >= 4 is 5.91 Å². The monoisotopic (exact) mass is 358 g/mol. The third kappa shape index (κ3) is 4.47. The molecule has 140 valence electrons. The van der Waals surface area contributed by atoms with Gasteiger partial charge in [-0.2, -0.15) is 0 Å². The lowest BCUT2D eigenvalue weighted by molar-refractivity contribution is -0.137. The van der Waals surface area contributed by atoms with Crippen LogP contribution in [0.1, 0.15) is 29.8 Å². The first-order valence-electron chi connectivity index (χ1n) is 8.89. The molecule has 0 saturated carbocycles. The Kier molecular flexibility index (Phi) is 5.68. The highest BCUT2D eigenvalue weighted by molar-refractivity contribution is 5.79. The van der Waals surface area contributed by atoms with E-state index in [1.807, 2.05) is 31.3 Å². The van der Waals surface area contributed by atoms with Crippen molar-refractivity contribution in [1.82, 2.24) is 19.7 Å². The highest BCUT2D eigenvalue weighted by atomic mass is 16.5. The molecule has 1 fully saturated rings. The van der Waals surface area contributed by atoms with E-state index in [0.29, 0.717) is 39.0 Å². The van der Waals surface area contributed by atoms with Crippen molar-refractivity contribution in [2.24, 2.45) is 7.05 Å². The second kappa shape index (κ2) is 7.97. The van der Waals surface area contributed by atoms with Gasteiger partial charge < -0.3 is 19.3 Å². The van der Waals surface area contributed by atoms with Crippen LogP contribution >= 0.6 is 0 Å². The number of nitrogens with zero attached hydrogens (tertiary/aromatic N) is 4. The van der Waals surface area contributed by atoms with Gasteiger partial charge in [-0.05, 0) is 24.0 Å². The Morgan fingerprint density at radius 3 is 2.92 bits per heavy atom. The summed E-state index contributed by atoms with van der Waals surface area (Å²) in [5, 5.41) is 18.9. The van der Waals surface area contributed by atoms with Gasteiger partial charge in [0.1, 0.15) is 12.2 Å². The van der Waals surface area contributed by atoms with Gasteiger partial charge in [-0.3, -0.25) is 4.79 Å². The number of rotatable bonds is 6. The molecule has 1 saturated heterocycles. The van der Waals surface area contributed by atoms with E-state index in [-0.39, 0.29) is 5.91 Å². The number of aryl methyl sites for hydroxylation is 1. The highest BCUT2D eigenvalue weighted by Crippen LogP contribution is 2.25. The number of amides is 1. The predicted octanol–water partition coefficient (Wildman–Crippen LogP) is 1.10. The Morgan fingerprint density at radius 2 is 2.19 bits per heavy atom. The summed E-state index contributed by atoms with van der Waals surface area (Å²) in [6.07, 6.45) is 3.79. The average molecular weight is 358 g/mol. The molecule has 1 N–H and O–H groups in total. The van der Waals surface area contributed by atoms with Crippen LogP contribution in [0.25, 0.3) is 0 Å². The molecule has 3 rings (SSSR count). The van der Waals surface area contributed by atoms with Crippen LogP contribution in [0.2, 0.25) is 0 Å². The molecule has 0 bridgehead atoms. The van der Waals surface area contributed by atoms with Crippen LogP contribution in [0.4, 0.5) is 0 Å². The van der Waals surface area contributed by atoms with Crippen molar-refractivity contribution in [3.63, 3.8) is 0 Å². The first kappa shape index (κ1) is 18.5. The number of carbonyl (C=O) groups is 1. The molecule has 1 aliphatic heterocycles. The van der Waals surface area contributed by atoms with Crippen LogP contribution in [0, 0.1) is 0 Å². The maximum absolute atomic E-state index is 12.7. The van der Waals surface area contributed by atoms with Gasteiger partial charge in [-0.1, -0.05) is 24.3 Å². The quantitative estimate of drug-likeness (QED) is 0.836. The molecule has 0 radical (unpaired) electrons. The number of hydrogen-bond donors (Lipinski definition) is 1. The zero-order valence-electron chi connectivity index (χ0n) is 15.4. The third-order valence-electron chi connectivity index (χ3n) is 4.86. The normalized spacial score (nSPS) is 20.3. The fourth-order valence-electron chi connectivity index (χ4n) is 3.51. The Morgan fingerprint density at radius 1 is 1.38 bits per heavy atom. The van der Waals surface area contributed by atoms with Gasteiger partial charge >= 0.3 is 0 Å². The minimum Gasteiger partial charge on any atom is -0.388 e. The van der Waals surface area contributed by atoms with Gasteiger partial charge in [0.2, 0.25) is 5.91 Å². The van der Waals surface area contributed by atoms with E-state index in [4.69, 9.17) is 4.74 Å². The molecule has 0 aliphatic carbocycles. The van der Waals surface area contributed by atoms with Gasteiger partial charge in [0.25, 0.3) is 0 Å². The van der Waals surface area contributed by atoms with E-state index in [1.165, 1.54) is 0 Å². The molecule has 0 spiro atoms. The minimum absolute atomic E-state index is 0.0376. The maximum atomic E-state index is 12.7. The van der Waals surface area contributed by atoms with Crippen LogP contribution in [-0.4, -0.2) is 56.5 Å². The van der Waals surface area contributed by atoms with E-state index >= 15 is 0 Å². The van der Waals surface area contributed by atoms with Gasteiger partial charge in [0.05, 0.1) is 18.6 Å². The number of hydrogen-bond acceptors (Lipinski definition) is 5. The number of aliphatic hydroxyl groups is 1. The average Bonchev–Trinajstić information content (AvgIpc) is 3.00. The summed E-state index contributed by atoms with van der Waals surface area (Å²) in [6, 6.07) is 7.87. The molecule has 1 unspecified atom stereocenters. The Balaban J connectivity index is 1.64. The van der Waals surface area contributed by atoms with Crippen molar-refractivity contribution in [2.45, 2.75) is 37.9 Å². The number of likely N-dealkylation sites (tertiary alicyclic amines) is 1. The second-order valence-electron chi connectivity index (χ2n) is 7.11. The first-order valence-corrected chi connectivity index (χ1v) is 8.89. The van der Waals surface area contributed by atoms with E-state index in [0.717, 1.165) is 23.4 Å². The summed E-state index contributed by atoms with van der Waals surface area (Å²) >= 11 is 0. The lowest BCUT2D eigenvalue weighted by atomic mass is 9.89. The van der Waals surface area contributed by atoms with E-state index in [2.05, 4.69) is 10.2 Å². The molecule has 1 aromatic carbocycles. The number of piperidine rings is 1. The van der Waals surface area contributed by atoms with Crippen molar-refractivity contribution in [3.05, 3.63) is 47.5 Å². The summed E-state index contributed by atoms with van der Waals surface area (Å²) in [7, 11) is 3.51. The molecule has 26 heavy (non-hydrogen) atoms. The summed E-state index contributed by atoms with van der Waals surface area (Å²) in [4.78, 5) is 14.5. The topological polar surface area (TPSA) is 80.5 Å². The number of β-amino-alcohol motifs (C(OH)–C–C–N with tert-alkyl or cyclic N) is 1. The Labute approximate surface area is 153 Å². The molecule has 2 aromatic rings. The standard InChI is InChI=1S/C19H26N4O3/c1-22-14-20-21-17(22)11-19(25)7-4-8-23(13-19)18(24)10-15-5-3-6-16(9-15)12-26-2/h3,5-6,9,14,25H,4,7-8,10-13H2,1-2H3. The fraction of sp³-hybridized carbons (Fsp3) is 0.526. The molecular formula is C19H26N4O3. The second-order valence-corrected chi connectivity index (χ2v) is 7.11. The van der Waals surface area contributed by atoms with E-state index in [1.54, 1.807) is 22.9 Å². The minimum atomic E-state index is -0.952. The molecule has 1 aromatic heterocycles. The van der Waals surface area contributed by atoms with E-state index in [9.17, 15) is 9.90 Å². The molecule has 1 atom stereocenters. The maximum Gasteiger partial charge on any atom is 0.227 e. The first-order chi connectivity index (χ1) is 12.5. The summed E-state index contributed by atoms with van der Waals surface area (Å²) < 4.78 is 6.96. The predicted molar refractivity (Wildman–Crippen MR) is 96.3 cm³/mol. The van der Waals surface area contributed by atoms with Gasteiger partial charge in [0.15, 0.2) is 0 Å². The van der Waals surface area contributed by atoms with Crippen LogP contribution in [0.15, 0.2) is 30.6 Å². The molecule has 1 aliphatic rings. The number of carbonyl (C=O) groups excluding carboxylic acids is 1. The lowest BCUT2D eigenvalue weighted by Crippen LogP contribution is -2.52. The molecule has 1 amide bonds. The fourth-order valence-corrected chi connectivity index (χ4v) is 3.51. The number of aromatic nitrogens is 3. The Hall–Kier alpha value is -2.25. The van der Waals surface area contributed by atoms with Crippen LogP contribution < -0.4 is 0 Å². The number of ether oxygens (including phenoxy) is 1. The molecule has 7 nitrogen and oxygen atoms in total. The number of benzene rings is 1.